The van der Waals surface area contributed by atoms with Crippen molar-refractivity contribution in [2.75, 3.05) is 6.54 Å². The van der Waals surface area contributed by atoms with Crippen molar-refractivity contribution in [3.63, 3.8) is 0 Å². The zero-order chi connectivity index (χ0) is 11.3. The van der Waals surface area contributed by atoms with Crippen molar-refractivity contribution < 1.29 is 0 Å². The van der Waals surface area contributed by atoms with Crippen molar-refractivity contribution in [3.8, 4) is 0 Å². The van der Waals surface area contributed by atoms with Gasteiger partial charge in [-0.3, -0.25) is 0 Å². The summed E-state index contributed by atoms with van der Waals surface area (Å²) in [6.07, 6.45) is 9.68. The molecule has 1 aliphatic carbocycles. The molecule has 1 saturated carbocycles. The Kier molecular flexibility index (Phi) is 5.11. The van der Waals surface area contributed by atoms with Crippen molar-refractivity contribution in [2.45, 2.75) is 65.7 Å². The fourth-order valence-electron chi connectivity index (χ4n) is 2.82. The summed E-state index contributed by atoms with van der Waals surface area (Å²) in [5, 5.41) is 0. The summed E-state index contributed by atoms with van der Waals surface area (Å²) in [5.74, 6) is 1.79. The lowest BCUT2D eigenvalue weighted by Crippen LogP contribution is -2.34. The molecule has 1 aliphatic rings. The monoisotopic (exact) mass is 211 g/mol. The fraction of sp³-hybridized carbons (Fsp3) is 1.00. The Morgan fingerprint density at radius 1 is 1.27 bits per heavy atom. The minimum absolute atomic E-state index is 0.515. The first-order valence-corrected chi connectivity index (χ1v) is 6.78. The summed E-state index contributed by atoms with van der Waals surface area (Å²) in [6, 6.07) is 0. The maximum absolute atomic E-state index is 6.00. The Balaban J connectivity index is 2.33. The van der Waals surface area contributed by atoms with Crippen LogP contribution in [0, 0.1) is 17.3 Å². The largest absolute Gasteiger partial charge is 0.330 e. The Bertz CT molecular complexity index is 166. The van der Waals surface area contributed by atoms with Gasteiger partial charge in [-0.1, -0.05) is 46.5 Å². The molecule has 0 unspecified atom stereocenters. The first-order valence-electron chi connectivity index (χ1n) is 6.78. The molecule has 0 atom stereocenters. The Labute approximate surface area is 95.8 Å². The molecule has 0 bridgehead atoms. The van der Waals surface area contributed by atoms with Crippen molar-refractivity contribution in [1.82, 2.24) is 0 Å². The predicted molar refractivity (Wildman–Crippen MR) is 67.8 cm³/mol. The van der Waals surface area contributed by atoms with Gasteiger partial charge in [0.1, 0.15) is 0 Å². The molecule has 0 aliphatic heterocycles. The standard InChI is InChI=1S/C14H29N/c1-12(2)5-4-8-14(11-15)9-6-13(3)7-10-14/h12-13H,4-11,15H2,1-3H3. The van der Waals surface area contributed by atoms with Crippen LogP contribution in [0.25, 0.3) is 0 Å². The molecule has 0 heterocycles. The Hall–Kier alpha value is -0.0400. The molecule has 0 aromatic heterocycles. The molecule has 1 heteroatoms. The van der Waals surface area contributed by atoms with Crippen LogP contribution in [0.2, 0.25) is 0 Å². The molecule has 0 saturated heterocycles. The van der Waals surface area contributed by atoms with E-state index >= 15 is 0 Å². The van der Waals surface area contributed by atoms with E-state index in [1.807, 2.05) is 0 Å². The molecular weight excluding hydrogens is 182 g/mol. The van der Waals surface area contributed by atoms with Gasteiger partial charge in [0, 0.05) is 0 Å². The summed E-state index contributed by atoms with van der Waals surface area (Å²) >= 11 is 0. The van der Waals surface area contributed by atoms with Crippen molar-refractivity contribution >= 4 is 0 Å². The molecule has 2 N–H and O–H groups in total. The first-order chi connectivity index (χ1) is 7.08. The highest BCUT2D eigenvalue weighted by Gasteiger charge is 2.32. The lowest BCUT2D eigenvalue weighted by atomic mass is 9.68. The van der Waals surface area contributed by atoms with Crippen LogP contribution in [-0.2, 0) is 0 Å². The van der Waals surface area contributed by atoms with Crippen LogP contribution < -0.4 is 5.73 Å². The van der Waals surface area contributed by atoms with Gasteiger partial charge in [-0.25, -0.2) is 0 Å². The van der Waals surface area contributed by atoms with Gasteiger partial charge in [0.2, 0.25) is 0 Å². The average molecular weight is 211 g/mol. The van der Waals surface area contributed by atoms with E-state index in [1.54, 1.807) is 0 Å². The molecule has 1 nitrogen and oxygen atoms in total. The van der Waals surface area contributed by atoms with Crippen LogP contribution in [0.5, 0.6) is 0 Å². The summed E-state index contributed by atoms with van der Waals surface area (Å²) in [7, 11) is 0. The van der Waals surface area contributed by atoms with Crippen LogP contribution in [-0.4, -0.2) is 6.54 Å². The molecule has 1 rings (SSSR count). The summed E-state index contributed by atoms with van der Waals surface area (Å²) < 4.78 is 0. The third-order valence-electron chi connectivity index (χ3n) is 4.26. The minimum atomic E-state index is 0.515. The van der Waals surface area contributed by atoms with Crippen LogP contribution in [0.3, 0.4) is 0 Å². The molecule has 0 radical (unpaired) electrons. The molecule has 15 heavy (non-hydrogen) atoms. The highest BCUT2D eigenvalue weighted by atomic mass is 14.6. The highest BCUT2D eigenvalue weighted by Crippen LogP contribution is 2.41. The summed E-state index contributed by atoms with van der Waals surface area (Å²) in [5.41, 5.74) is 6.52. The van der Waals surface area contributed by atoms with E-state index < -0.39 is 0 Å². The molecule has 1 fully saturated rings. The molecule has 0 spiro atoms. The summed E-state index contributed by atoms with van der Waals surface area (Å²) in [4.78, 5) is 0. The SMILES string of the molecule is CC(C)CCCC1(CN)CCC(C)CC1. The van der Waals surface area contributed by atoms with Crippen molar-refractivity contribution in [2.24, 2.45) is 23.0 Å². The minimum Gasteiger partial charge on any atom is -0.330 e. The molecular formula is C14H29N. The second-order valence-electron chi connectivity index (χ2n) is 6.17. The smallest absolute Gasteiger partial charge is 0.00205 e. The van der Waals surface area contributed by atoms with Crippen molar-refractivity contribution in [3.05, 3.63) is 0 Å². The van der Waals surface area contributed by atoms with Gasteiger partial charge in [0.25, 0.3) is 0 Å². The topological polar surface area (TPSA) is 26.0 Å². The number of nitrogens with two attached hydrogens (primary N) is 1. The number of hydrogen-bond acceptors (Lipinski definition) is 1. The second-order valence-corrected chi connectivity index (χ2v) is 6.17. The lowest BCUT2D eigenvalue weighted by molar-refractivity contribution is 0.145. The third kappa shape index (κ3) is 4.14. The van der Waals surface area contributed by atoms with Crippen LogP contribution in [0.4, 0.5) is 0 Å². The van der Waals surface area contributed by atoms with Gasteiger partial charge in [0.15, 0.2) is 0 Å². The van der Waals surface area contributed by atoms with E-state index in [9.17, 15) is 0 Å². The maximum Gasteiger partial charge on any atom is -0.00205 e. The third-order valence-corrected chi connectivity index (χ3v) is 4.26. The summed E-state index contributed by atoms with van der Waals surface area (Å²) in [6.45, 7) is 7.93. The average Bonchev–Trinajstić information content (AvgIpc) is 2.21. The maximum atomic E-state index is 6.00. The van der Waals surface area contributed by atoms with E-state index in [0.29, 0.717) is 5.41 Å². The molecule has 0 aromatic carbocycles. The van der Waals surface area contributed by atoms with Crippen LogP contribution in [0.15, 0.2) is 0 Å². The van der Waals surface area contributed by atoms with Gasteiger partial charge in [-0.15, -0.1) is 0 Å². The zero-order valence-electron chi connectivity index (χ0n) is 10.9. The number of hydrogen-bond donors (Lipinski definition) is 1. The van der Waals surface area contributed by atoms with Gasteiger partial charge in [-0.2, -0.15) is 0 Å². The van der Waals surface area contributed by atoms with E-state index in [4.69, 9.17) is 5.73 Å². The fourth-order valence-corrected chi connectivity index (χ4v) is 2.82. The van der Waals surface area contributed by atoms with Gasteiger partial charge in [0.05, 0.1) is 0 Å². The van der Waals surface area contributed by atoms with E-state index in [1.165, 1.54) is 44.9 Å². The van der Waals surface area contributed by atoms with Crippen LogP contribution in [0.1, 0.15) is 65.7 Å². The van der Waals surface area contributed by atoms with Crippen molar-refractivity contribution in [1.29, 1.82) is 0 Å². The molecule has 0 aromatic rings. The van der Waals surface area contributed by atoms with Gasteiger partial charge < -0.3 is 5.73 Å². The highest BCUT2D eigenvalue weighted by molar-refractivity contribution is 4.85. The van der Waals surface area contributed by atoms with E-state index in [0.717, 1.165) is 18.4 Å². The first kappa shape index (κ1) is 13.0. The number of rotatable bonds is 5. The Morgan fingerprint density at radius 3 is 2.33 bits per heavy atom. The van der Waals surface area contributed by atoms with E-state index in [-0.39, 0.29) is 0 Å². The quantitative estimate of drug-likeness (QED) is 0.731. The molecule has 90 valence electrons. The van der Waals surface area contributed by atoms with Gasteiger partial charge >= 0.3 is 0 Å². The second kappa shape index (κ2) is 5.89. The predicted octanol–water partition coefficient (Wildman–Crippen LogP) is 3.97. The normalized spacial score (nSPS) is 32.2. The zero-order valence-corrected chi connectivity index (χ0v) is 10.9. The molecule has 0 amide bonds. The van der Waals surface area contributed by atoms with E-state index in [2.05, 4.69) is 20.8 Å². The Morgan fingerprint density at radius 2 is 1.87 bits per heavy atom. The lowest BCUT2D eigenvalue weighted by Gasteiger charge is -2.39. The van der Waals surface area contributed by atoms with Gasteiger partial charge in [-0.05, 0) is 43.1 Å². The van der Waals surface area contributed by atoms with Crippen LogP contribution >= 0.6 is 0 Å².